The minimum absolute atomic E-state index is 0.318. The van der Waals surface area contributed by atoms with Crippen molar-refractivity contribution in [2.24, 2.45) is 0 Å². The van der Waals surface area contributed by atoms with Crippen LogP contribution in [0.2, 0.25) is 10.0 Å². The summed E-state index contributed by atoms with van der Waals surface area (Å²) >= 11 is 18.1. The maximum atomic E-state index is 14.2. The van der Waals surface area contributed by atoms with Gasteiger partial charge in [0.15, 0.2) is 0 Å². The van der Waals surface area contributed by atoms with Gasteiger partial charge in [0.1, 0.15) is 11.6 Å². The topological polar surface area (TPSA) is 17.8 Å². The summed E-state index contributed by atoms with van der Waals surface area (Å²) in [7, 11) is 0. The molecule has 0 unspecified atom stereocenters. The predicted molar refractivity (Wildman–Crippen MR) is 85.5 cm³/mol. The number of nitrogens with zero attached hydrogens (tertiary/aromatic N) is 2. The first-order valence-corrected chi connectivity index (χ1v) is 7.58. The fraction of sp³-hybridized carbons (Fsp3) is 0.133. The zero-order chi connectivity index (χ0) is 15.0. The molecule has 108 valence electrons. The molecule has 0 radical (unpaired) electrons. The third kappa shape index (κ3) is 2.61. The third-order valence-electron chi connectivity index (χ3n) is 3.16. The van der Waals surface area contributed by atoms with Gasteiger partial charge in [0.2, 0.25) is 0 Å². The van der Waals surface area contributed by atoms with Crippen LogP contribution in [0.4, 0.5) is 4.39 Å². The van der Waals surface area contributed by atoms with E-state index >= 15 is 0 Å². The van der Waals surface area contributed by atoms with E-state index in [0.717, 1.165) is 0 Å². The van der Waals surface area contributed by atoms with E-state index in [1.54, 1.807) is 22.8 Å². The van der Waals surface area contributed by atoms with E-state index in [0.29, 0.717) is 44.9 Å². The summed E-state index contributed by atoms with van der Waals surface area (Å²) in [6.45, 7) is 0. The van der Waals surface area contributed by atoms with Crippen LogP contribution < -0.4 is 0 Å². The van der Waals surface area contributed by atoms with Gasteiger partial charge in [0.05, 0.1) is 21.7 Å². The van der Waals surface area contributed by atoms with Gasteiger partial charge in [0.25, 0.3) is 0 Å². The lowest BCUT2D eigenvalue weighted by molar-refractivity contribution is 0.617. The van der Waals surface area contributed by atoms with Gasteiger partial charge in [-0.1, -0.05) is 29.3 Å². The van der Waals surface area contributed by atoms with Crippen molar-refractivity contribution in [2.45, 2.75) is 6.42 Å². The number of alkyl halides is 1. The van der Waals surface area contributed by atoms with E-state index in [1.165, 1.54) is 12.1 Å². The van der Waals surface area contributed by atoms with Gasteiger partial charge >= 0.3 is 0 Å². The summed E-state index contributed by atoms with van der Waals surface area (Å²) in [6.07, 6.45) is 0.499. The first kappa shape index (κ1) is 14.6. The first-order chi connectivity index (χ1) is 10.1. The Hall–Kier alpha value is -1.29. The first-order valence-electron chi connectivity index (χ1n) is 6.29. The number of para-hydroxylation sites is 1. The molecule has 2 aromatic carbocycles. The van der Waals surface area contributed by atoms with Crippen molar-refractivity contribution in [3.05, 3.63) is 58.1 Å². The van der Waals surface area contributed by atoms with Crippen LogP contribution >= 0.6 is 34.8 Å². The summed E-state index contributed by atoms with van der Waals surface area (Å²) in [4.78, 5) is 4.49. The molecule has 2 nitrogen and oxygen atoms in total. The van der Waals surface area contributed by atoms with Crippen LogP contribution in [0.5, 0.6) is 0 Å². The summed E-state index contributed by atoms with van der Waals surface area (Å²) in [6, 6.07) is 9.76. The number of hydrogen-bond acceptors (Lipinski definition) is 1. The number of hydrogen-bond donors (Lipinski definition) is 0. The number of aromatic nitrogens is 2. The number of aryl methyl sites for hydroxylation is 1. The van der Waals surface area contributed by atoms with Crippen molar-refractivity contribution < 1.29 is 4.39 Å². The van der Waals surface area contributed by atoms with Crippen molar-refractivity contribution in [3.8, 4) is 5.69 Å². The minimum atomic E-state index is -0.394. The highest BCUT2D eigenvalue weighted by Crippen LogP contribution is 2.30. The second kappa shape index (κ2) is 5.84. The van der Waals surface area contributed by atoms with Crippen LogP contribution in [0.3, 0.4) is 0 Å². The predicted octanol–water partition coefficient (Wildman–Crippen LogP) is 5.25. The number of imidazole rings is 1. The fourth-order valence-electron chi connectivity index (χ4n) is 2.30. The molecule has 0 aliphatic rings. The molecule has 0 fully saturated rings. The molecule has 0 N–H and O–H groups in total. The van der Waals surface area contributed by atoms with Gasteiger partial charge in [-0.25, -0.2) is 9.37 Å². The van der Waals surface area contributed by atoms with E-state index in [4.69, 9.17) is 34.8 Å². The number of fused-ring (bicyclic) bond motifs is 1. The molecule has 21 heavy (non-hydrogen) atoms. The fourth-order valence-corrected chi connectivity index (χ4v) is 2.89. The highest BCUT2D eigenvalue weighted by atomic mass is 35.5. The molecule has 0 bridgehead atoms. The Balaban J connectivity index is 2.38. The second-order valence-corrected chi connectivity index (χ2v) is 5.73. The zero-order valence-corrected chi connectivity index (χ0v) is 13.1. The Morgan fingerprint density at radius 3 is 2.71 bits per heavy atom. The molecule has 0 aliphatic carbocycles. The molecule has 3 rings (SSSR count). The number of rotatable bonds is 3. The van der Waals surface area contributed by atoms with Crippen LogP contribution in [0, 0.1) is 5.82 Å². The van der Waals surface area contributed by atoms with Crippen LogP contribution in [0.1, 0.15) is 5.82 Å². The molecule has 1 heterocycles. The van der Waals surface area contributed by atoms with Crippen molar-refractivity contribution in [1.82, 2.24) is 9.55 Å². The molecule has 1 aromatic heterocycles. The van der Waals surface area contributed by atoms with Crippen LogP contribution in [0.25, 0.3) is 16.7 Å². The standard InChI is InChI=1S/C15H10Cl3FN2/c16-7-6-14-20-12-3-1-2-10(18)15(12)21(14)13-8-9(17)4-5-11(13)19/h1-5,8H,6-7H2. The summed E-state index contributed by atoms with van der Waals surface area (Å²) in [5, 5.41) is 0.942. The van der Waals surface area contributed by atoms with Crippen molar-refractivity contribution >= 4 is 45.8 Å². The lowest BCUT2D eigenvalue weighted by Crippen LogP contribution is -2.04. The minimum Gasteiger partial charge on any atom is -0.292 e. The van der Waals surface area contributed by atoms with E-state index < -0.39 is 5.82 Å². The zero-order valence-electron chi connectivity index (χ0n) is 10.8. The number of benzene rings is 2. The summed E-state index contributed by atoms with van der Waals surface area (Å²) in [5.41, 5.74) is 1.67. The van der Waals surface area contributed by atoms with Crippen molar-refractivity contribution in [2.75, 3.05) is 5.88 Å². The SMILES string of the molecule is Fc1ccc(Cl)cc1-n1c(CCCl)nc2cccc(Cl)c21. The van der Waals surface area contributed by atoms with Gasteiger partial charge in [-0.2, -0.15) is 0 Å². The average Bonchev–Trinajstić information content (AvgIpc) is 2.81. The van der Waals surface area contributed by atoms with E-state index in [9.17, 15) is 4.39 Å². The Bertz CT molecular complexity index is 814. The lowest BCUT2D eigenvalue weighted by atomic mass is 10.2. The smallest absolute Gasteiger partial charge is 0.147 e. The molecule has 0 saturated carbocycles. The number of halogens is 4. The Kier molecular flexibility index (Phi) is 4.07. The quantitative estimate of drug-likeness (QED) is 0.594. The molecule has 0 aliphatic heterocycles. The van der Waals surface area contributed by atoms with Crippen LogP contribution in [-0.2, 0) is 6.42 Å². The Morgan fingerprint density at radius 1 is 1.14 bits per heavy atom. The molecule has 3 aromatic rings. The molecule has 6 heteroatoms. The average molecular weight is 344 g/mol. The second-order valence-electron chi connectivity index (χ2n) is 4.51. The van der Waals surface area contributed by atoms with Gasteiger partial charge in [-0.05, 0) is 30.3 Å². The summed E-state index contributed by atoms with van der Waals surface area (Å²) in [5.74, 6) is 0.632. The van der Waals surface area contributed by atoms with E-state index in [2.05, 4.69) is 4.98 Å². The van der Waals surface area contributed by atoms with Crippen LogP contribution in [-0.4, -0.2) is 15.4 Å². The van der Waals surface area contributed by atoms with E-state index in [-0.39, 0.29) is 0 Å². The maximum Gasteiger partial charge on any atom is 0.147 e. The van der Waals surface area contributed by atoms with Gasteiger partial charge < -0.3 is 0 Å². The normalized spacial score (nSPS) is 11.2. The molecule has 0 spiro atoms. The molecular weight excluding hydrogens is 334 g/mol. The van der Waals surface area contributed by atoms with Gasteiger partial charge in [0, 0.05) is 17.3 Å². The highest BCUT2D eigenvalue weighted by Gasteiger charge is 2.17. The summed E-state index contributed by atoms with van der Waals surface area (Å²) < 4.78 is 15.9. The molecule has 0 amide bonds. The maximum absolute atomic E-state index is 14.2. The van der Waals surface area contributed by atoms with Crippen molar-refractivity contribution in [3.63, 3.8) is 0 Å². The molecule has 0 atom stereocenters. The Morgan fingerprint density at radius 2 is 1.95 bits per heavy atom. The largest absolute Gasteiger partial charge is 0.292 e. The van der Waals surface area contributed by atoms with Gasteiger partial charge in [-0.15, -0.1) is 11.6 Å². The lowest BCUT2D eigenvalue weighted by Gasteiger charge is -2.11. The highest BCUT2D eigenvalue weighted by molar-refractivity contribution is 6.35. The molecule has 0 saturated heterocycles. The van der Waals surface area contributed by atoms with E-state index in [1.807, 2.05) is 6.07 Å². The van der Waals surface area contributed by atoms with Crippen molar-refractivity contribution in [1.29, 1.82) is 0 Å². The van der Waals surface area contributed by atoms with Gasteiger partial charge in [-0.3, -0.25) is 4.57 Å². The Labute approximate surface area is 136 Å². The molecular formula is C15H10Cl3FN2. The monoisotopic (exact) mass is 342 g/mol. The van der Waals surface area contributed by atoms with Crippen LogP contribution in [0.15, 0.2) is 36.4 Å². The third-order valence-corrected chi connectivity index (χ3v) is 3.89.